The second-order valence-electron chi connectivity index (χ2n) is 5.37. The molecule has 0 unspecified atom stereocenters. The van der Waals surface area contributed by atoms with Crippen LogP contribution in [0.4, 0.5) is 0 Å². The van der Waals surface area contributed by atoms with Crippen molar-refractivity contribution in [1.29, 1.82) is 0 Å². The highest BCUT2D eigenvalue weighted by atomic mass is 32.2. The van der Waals surface area contributed by atoms with Gasteiger partial charge >= 0.3 is 0 Å². The zero-order valence-corrected chi connectivity index (χ0v) is 12.8. The third-order valence-electron chi connectivity index (χ3n) is 3.93. The molecular weight excluding hydrogens is 274 g/mol. The van der Waals surface area contributed by atoms with E-state index >= 15 is 0 Å². The van der Waals surface area contributed by atoms with E-state index in [0.717, 1.165) is 18.8 Å². The highest BCUT2D eigenvalue weighted by Gasteiger charge is 2.16. The summed E-state index contributed by atoms with van der Waals surface area (Å²) in [5.41, 5.74) is 0. The van der Waals surface area contributed by atoms with Gasteiger partial charge in [-0.25, -0.2) is 13.1 Å². The molecule has 1 aliphatic carbocycles. The van der Waals surface area contributed by atoms with Gasteiger partial charge in [0.25, 0.3) is 0 Å². The van der Waals surface area contributed by atoms with Gasteiger partial charge in [-0.1, -0.05) is 25.7 Å². The highest BCUT2D eigenvalue weighted by Crippen LogP contribution is 2.28. The minimum absolute atomic E-state index is 0.291. The molecule has 4 nitrogen and oxygen atoms in total. The van der Waals surface area contributed by atoms with E-state index in [4.69, 9.17) is 4.74 Å². The minimum Gasteiger partial charge on any atom is -0.497 e. The molecule has 0 aliphatic heterocycles. The summed E-state index contributed by atoms with van der Waals surface area (Å²) in [5, 5.41) is 0. The number of nitrogens with one attached hydrogen (secondary N) is 1. The van der Waals surface area contributed by atoms with Crippen LogP contribution in [0.2, 0.25) is 0 Å². The molecule has 0 spiro atoms. The molecule has 5 heteroatoms. The standard InChI is InChI=1S/C15H23NO3S/c1-19-14-8-10-15(11-9-14)20(17,18)16-12-4-7-13-5-2-3-6-13/h8-11,13,16H,2-7,12H2,1H3. The van der Waals surface area contributed by atoms with E-state index in [9.17, 15) is 8.42 Å². The Bertz CT molecular complexity index is 504. The Labute approximate surface area is 121 Å². The molecule has 1 aromatic rings. The van der Waals surface area contributed by atoms with Gasteiger partial charge in [-0.05, 0) is 43.0 Å². The fourth-order valence-corrected chi connectivity index (χ4v) is 3.81. The summed E-state index contributed by atoms with van der Waals surface area (Å²) in [6.45, 7) is 0.519. The van der Waals surface area contributed by atoms with Gasteiger partial charge < -0.3 is 4.74 Å². The van der Waals surface area contributed by atoms with Gasteiger partial charge in [0, 0.05) is 6.54 Å². The van der Waals surface area contributed by atoms with E-state index in [1.165, 1.54) is 25.7 Å². The molecule has 0 amide bonds. The summed E-state index contributed by atoms with van der Waals surface area (Å²) in [6, 6.07) is 6.45. The molecule has 2 rings (SSSR count). The second kappa shape index (κ2) is 7.09. The molecule has 112 valence electrons. The highest BCUT2D eigenvalue weighted by molar-refractivity contribution is 7.89. The predicted molar refractivity (Wildman–Crippen MR) is 79.4 cm³/mol. The van der Waals surface area contributed by atoms with Crippen molar-refractivity contribution >= 4 is 10.0 Å². The largest absolute Gasteiger partial charge is 0.497 e. The van der Waals surface area contributed by atoms with Gasteiger partial charge in [-0.2, -0.15) is 0 Å². The molecule has 0 saturated heterocycles. The molecule has 1 aliphatic rings. The first-order valence-corrected chi connectivity index (χ1v) is 8.74. The third-order valence-corrected chi connectivity index (χ3v) is 5.40. The number of sulfonamides is 1. The maximum atomic E-state index is 12.1. The van der Waals surface area contributed by atoms with Gasteiger partial charge in [0.2, 0.25) is 10.0 Å². The zero-order valence-electron chi connectivity index (χ0n) is 12.0. The summed E-state index contributed by atoms with van der Waals surface area (Å²) in [4.78, 5) is 0.291. The van der Waals surface area contributed by atoms with Crippen molar-refractivity contribution in [2.45, 2.75) is 43.4 Å². The summed E-state index contributed by atoms with van der Waals surface area (Å²) >= 11 is 0. The van der Waals surface area contributed by atoms with Crippen molar-refractivity contribution in [3.63, 3.8) is 0 Å². The average Bonchev–Trinajstić information content (AvgIpc) is 2.97. The summed E-state index contributed by atoms with van der Waals surface area (Å²) in [7, 11) is -1.83. The molecular formula is C15H23NO3S. The van der Waals surface area contributed by atoms with Crippen LogP contribution in [-0.2, 0) is 10.0 Å². The minimum atomic E-state index is -3.39. The van der Waals surface area contributed by atoms with E-state index < -0.39 is 10.0 Å². The topological polar surface area (TPSA) is 55.4 Å². The third kappa shape index (κ3) is 4.21. The van der Waals surface area contributed by atoms with Crippen LogP contribution in [0.1, 0.15) is 38.5 Å². The lowest BCUT2D eigenvalue weighted by Crippen LogP contribution is -2.25. The van der Waals surface area contributed by atoms with Crippen LogP contribution in [-0.4, -0.2) is 22.1 Å². The maximum absolute atomic E-state index is 12.1. The van der Waals surface area contributed by atoms with E-state index in [-0.39, 0.29) is 0 Å². The fourth-order valence-electron chi connectivity index (χ4n) is 2.73. The lowest BCUT2D eigenvalue weighted by atomic mass is 10.0. The smallest absolute Gasteiger partial charge is 0.240 e. The number of benzene rings is 1. The molecule has 1 fully saturated rings. The summed E-state index contributed by atoms with van der Waals surface area (Å²) in [5.74, 6) is 1.46. The molecule has 0 bridgehead atoms. The molecule has 1 saturated carbocycles. The normalized spacial score (nSPS) is 16.4. The second-order valence-corrected chi connectivity index (χ2v) is 7.13. The quantitative estimate of drug-likeness (QED) is 0.787. The van der Waals surface area contributed by atoms with Crippen molar-refractivity contribution in [2.24, 2.45) is 5.92 Å². The van der Waals surface area contributed by atoms with Gasteiger partial charge in [0.15, 0.2) is 0 Å². The Morgan fingerprint density at radius 1 is 1.20 bits per heavy atom. The lowest BCUT2D eigenvalue weighted by molar-refractivity contribution is 0.414. The number of hydrogen-bond acceptors (Lipinski definition) is 3. The molecule has 0 atom stereocenters. The molecule has 1 aromatic carbocycles. The van der Waals surface area contributed by atoms with Gasteiger partial charge in [0.05, 0.1) is 12.0 Å². The summed E-state index contributed by atoms with van der Waals surface area (Å²) in [6.07, 6.45) is 7.34. The first-order valence-electron chi connectivity index (χ1n) is 7.25. The Morgan fingerprint density at radius 2 is 1.85 bits per heavy atom. The summed E-state index contributed by atoms with van der Waals surface area (Å²) < 4.78 is 31.8. The van der Waals surface area contributed by atoms with E-state index in [0.29, 0.717) is 17.2 Å². The van der Waals surface area contributed by atoms with Crippen molar-refractivity contribution in [1.82, 2.24) is 4.72 Å². The molecule has 0 radical (unpaired) electrons. The Kier molecular flexibility index (Phi) is 5.43. The van der Waals surface area contributed by atoms with Gasteiger partial charge in [0.1, 0.15) is 5.75 Å². The first kappa shape index (κ1) is 15.3. The van der Waals surface area contributed by atoms with Crippen LogP contribution >= 0.6 is 0 Å². The van der Waals surface area contributed by atoms with E-state index in [1.54, 1.807) is 31.4 Å². The van der Waals surface area contributed by atoms with Crippen LogP contribution in [0.5, 0.6) is 5.75 Å². The molecule has 20 heavy (non-hydrogen) atoms. The average molecular weight is 297 g/mol. The van der Waals surface area contributed by atoms with Crippen molar-refractivity contribution in [3.8, 4) is 5.75 Å². The molecule has 1 N–H and O–H groups in total. The van der Waals surface area contributed by atoms with Crippen molar-refractivity contribution < 1.29 is 13.2 Å². The molecule has 0 heterocycles. The zero-order chi connectivity index (χ0) is 14.4. The predicted octanol–water partition coefficient (Wildman–Crippen LogP) is 2.94. The Balaban J connectivity index is 1.80. The lowest BCUT2D eigenvalue weighted by Gasteiger charge is -2.10. The van der Waals surface area contributed by atoms with Crippen LogP contribution in [0, 0.1) is 5.92 Å². The van der Waals surface area contributed by atoms with Crippen LogP contribution in [0.3, 0.4) is 0 Å². The van der Waals surface area contributed by atoms with Gasteiger partial charge in [-0.15, -0.1) is 0 Å². The maximum Gasteiger partial charge on any atom is 0.240 e. The first-order chi connectivity index (χ1) is 9.62. The number of ether oxygens (including phenoxy) is 1. The van der Waals surface area contributed by atoms with Crippen molar-refractivity contribution in [3.05, 3.63) is 24.3 Å². The van der Waals surface area contributed by atoms with Crippen LogP contribution in [0.15, 0.2) is 29.2 Å². The number of methoxy groups -OCH3 is 1. The molecule has 0 aromatic heterocycles. The number of hydrogen-bond donors (Lipinski definition) is 1. The van der Waals surface area contributed by atoms with E-state index in [2.05, 4.69) is 4.72 Å². The van der Waals surface area contributed by atoms with Crippen LogP contribution < -0.4 is 9.46 Å². The van der Waals surface area contributed by atoms with Crippen LogP contribution in [0.25, 0.3) is 0 Å². The monoisotopic (exact) mass is 297 g/mol. The fraction of sp³-hybridized carbons (Fsp3) is 0.600. The van der Waals surface area contributed by atoms with E-state index in [1.807, 2.05) is 0 Å². The van der Waals surface area contributed by atoms with Crippen molar-refractivity contribution in [2.75, 3.05) is 13.7 Å². The SMILES string of the molecule is COc1ccc(S(=O)(=O)NCCCC2CCCC2)cc1. The van der Waals surface area contributed by atoms with Gasteiger partial charge in [-0.3, -0.25) is 0 Å². The Hall–Kier alpha value is -1.07. The Morgan fingerprint density at radius 3 is 2.45 bits per heavy atom. The number of rotatable bonds is 7.